The molecule has 2 aromatic rings. The number of carbonyl (C=O) groups excluding carboxylic acids is 13. The largest absolute Gasteiger partial charge is 0.481 e. The zero-order valence-electron chi connectivity index (χ0n) is 87.0. The van der Waals surface area contributed by atoms with Gasteiger partial charge in [-0.15, -0.1) is 0 Å². The minimum atomic E-state index is -0.871. The summed E-state index contributed by atoms with van der Waals surface area (Å²) in [6, 6.07) is 15.7. The second kappa shape index (κ2) is 79.8. The van der Waals surface area contributed by atoms with E-state index in [0.29, 0.717) is 136 Å². The Kier molecular flexibility index (Phi) is 77.7. The van der Waals surface area contributed by atoms with Crippen molar-refractivity contribution in [1.82, 2.24) is 20.9 Å². The zero-order valence-corrected chi connectivity index (χ0v) is 87.0. The number of nitrogens with one attached hydrogen (secondary N) is 3. The molecule has 788 valence electrons. The SMILES string of the molecule is CCC(C)(C)C(=O)NCCNC(=O)OCCCCCC(=O)OCc1ccccc1.CCC(C)(C)C(=O)OCCO.CCC(C)(C)C(=O)OCCOC(=O)CCOCCCC(=O)O.CCC(C)(C)C(=O)OCCOC(=O)c1ccccc1C(=O)OCCCCCC(=O)O.CCCCC(CC)COC(=O)CCCCCOC(=O)NCCOC(=O)C(C)(C)CC.CCN(CC)CCOC(=O)C(C)(C)CC. The van der Waals surface area contributed by atoms with E-state index in [1.165, 1.54) is 18.6 Å². The molecule has 3 amide bonds. The molecule has 0 saturated carbocycles. The fourth-order valence-corrected chi connectivity index (χ4v) is 10.1. The predicted octanol–water partition coefficient (Wildman–Crippen LogP) is 17.3. The lowest BCUT2D eigenvalue weighted by Crippen LogP contribution is -2.41. The highest BCUT2D eigenvalue weighted by molar-refractivity contribution is 6.03. The van der Waals surface area contributed by atoms with Gasteiger partial charge in [0.2, 0.25) is 5.91 Å². The topological polar surface area (TPSA) is 476 Å². The highest BCUT2D eigenvalue weighted by atomic mass is 16.6. The second-order valence-corrected chi connectivity index (χ2v) is 36.2. The molecule has 0 aromatic heterocycles. The molecule has 1 atom stereocenters. The van der Waals surface area contributed by atoms with Crippen molar-refractivity contribution in [3.8, 4) is 0 Å². The van der Waals surface area contributed by atoms with Crippen molar-refractivity contribution in [2.75, 3.05) is 132 Å². The summed E-state index contributed by atoms with van der Waals surface area (Å²) in [5.41, 5.74) is -1.71. The number of aliphatic hydroxyl groups excluding tert-OH is 1. The van der Waals surface area contributed by atoms with Crippen LogP contribution in [0.15, 0.2) is 54.6 Å². The van der Waals surface area contributed by atoms with Crippen molar-refractivity contribution in [3.05, 3.63) is 71.3 Å². The van der Waals surface area contributed by atoms with Gasteiger partial charge in [-0.2, -0.15) is 0 Å². The average molecular weight is 1950 g/mol. The lowest BCUT2D eigenvalue weighted by molar-refractivity contribution is -0.159. The molecule has 35 nitrogen and oxygen atoms in total. The average Bonchev–Trinajstić information content (AvgIpc) is 0.840. The molecule has 0 aliphatic rings. The summed E-state index contributed by atoms with van der Waals surface area (Å²) in [4.78, 5) is 176. The third kappa shape index (κ3) is 71.1. The monoisotopic (exact) mass is 1950 g/mol. The van der Waals surface area contributed by atoms with Gasteiger partial charge in [0.15, 0.2) is 0 Å². The first-order valence-corrected chi connectivity index (χ1v) is 48.9. The molecule has 0 heterocycles. The third-order valence-electron chi connectivity index (χ3n) is 22.5. The van der Waals surface area contributed by atoms with Crippen LogP contribution in [0.1, 0.15) is 339 Å². The van der Waals surface area contributed by atoms with Gasteiger partial charge in [-0.1, -0.05) is 145 Å². The summed E-state index contributed by atoms with van der Waals surface area (Å²) >= 11 is 0. The zero-order chi connectivity index (χ0) is 105. The number of nitrogens with zero attached hydrogens (tertiary/aromatic N) is 1. The maximum Gasteiger partial charge on any atom is 0.407 e. The Labute approximate surface area is 816 Å². The molecule has 2 rings (SSSR count). The molecule has 0 radical (unpaired) electrons. The first kappa shape index (κ1) is 133. The van der Waals surface area contributed by atoms with E-state index in [0.717, 1.165) is 83.0 Å². The number of rotatable bonds is 66. The number of benzene rings is 2. The maximum atomic E-state index is 12.3. The molecule has 0 fully saturated rings. The third-order valence-corrected chi connectivity index (χ3v) is 22.5. The normalized spacial score (nSPS) is 11.3. The first-order valence-electron chi connectivity index (χ1n) is 48.9. The quantitative estimate of drug-likeness (QED) is 0.0203. The number of carboxylic acid groups (broad SMARTS) is 2. The molecule has 2 aromatic carbocycles. The highest BCUT2D eigenvalue weighted by Gasteiger charge is 2.32. The summed E-state index contributed by atoms with van der Waals surface area (Å²) in [7, 11) is 0. The van der Waals surface area contributed by atoms with Crippen LogP contribution in [0.4, 0.5) is 9.59 Å². The number of ether oxygens (including phenoxy) is 13. The van der Waals surface area contributed by atoms with E-state index < -0.39 is 69.1 Å². The first-order chi connectivity index (χ1) is 64.6. The van der Waals surface area contributed by atoms with Crippen LogP contribution in [0.2, 0.25) is 0 Å². The van der Waals surface area contributed by atoms with Gasteiger partial charge in [-0.25, -0.2) is 19.2 Å². The van der Waals surface area contributed by atoms with Crippen LogP contribution in [0.5, 0.6) is 0 Å². The Morgan fingerprint density at radius 2 is 0.708 bits per heavy atom. The van der Waals surface area contributed by atoms with Crippen molar-refractivity contribution in [2.24, 2.45) is 38.4 Å². The smallest absolute Gasteiger partial charge is 0.407 e. The number of likely N-dealkylation sites (N-methyl/N-ethyl adjacent to an activating group) is 1. The molecule has 0 spiro atoms. The summed E-state index contributed by atoms with van der Waals surface area (Å²) in [6.45, 7) is 48.4. The van der Waals surface area contributed by atoms with Crippen LogP contribution in [0, 0.1) is 38.4 Å². The van der Waals surface area contributed by atoms with Gasteiger partial charge in [0.25, 0.3) is 0 Å². The van der Waals surface area contributed by atoms with Gasteiger partial charge in [-0.05, 0) is 215 Å². The summed E-state index contributed by atoms with van der Waals surface area (Å²) in [6.07, 6.45) is 15.1. The van der Waals surface area contributed by atoms with Crippen LogP contribution in [0.3, 0.4) is 0 Å². The number of aliphatic carboxylic acids is 2. The van der Waals surface area contributed by atoms with Crippen molar-refractivity contribution in [2.45, 2.75) is 319 Å². The molecule has 0 aliphatic heterocycles. The summed E-state index contributed by atoms with van der Waals surface area (Å²) < 4.78 is 66.3. The van der Waals surface area contributed by atoms with Crippen molar-refractivity contribution in [1.29, 1.82) is 0 Å². The Morgan fingerprint density at radius 1 is 0.336 bits per heavy atom. The minimum Gasteiger partial charge on any atom is -0.481 e. The molecular weight excluding hydrogens is 1780 g/mol. The van der Waals surface area contributed by atoms with Gasteiger partial charge < -0.3 is 97.7 Å². The van der Waals surface area contributed by atoms with E-state index in [4.69, 9.17) is 76.9 Å². The fraction of sp³-hybridized carbons (Fsp3) is 0.735. The lowest BCUT2D eigenvalue weighted by atomic mass is 9.89. The molecular formula is C102H174N4O31. The van der Waals surface area contributed by atoms with Crippen molar-refractivity contribution < 1.29 is 149 Å². The maximum absolute atomic E-state index is 12.3. The number of esters is 10. The number of carboxylic acids is 2. The molecule has 0 bridgehead atoms. The van der Waals surface area contributed by atoms with Crippen molar-refractivity contribution >= 4 is 89.7 Å². The van der Waals surface area contributed by atoms with Crippen LogP contribution in [0.25, 0.3) is 0 Å². The minimum absolute atomic E-state index is 0.0172. The molecule has 0 saturated heterocycles. The van der Waals surface area contributed by atoms with Gasteiger partial charge in [0.05, 0.1) is 90.8 Å². The Bertz CT molecular complexity index is 3690. The molecule has 137 heavy (non-hydrogen) atoms. The number of hydrogen-bond acceptors (Lipinski definition) is 30. The predicted molar refractivity (Wildman–Crippen MR) is 520 cm³/mol. The van der Waals surface area contributed by atoms with E-state index in [9.17, 15) is 71.9 Å². The molecule has 0 aliphatic carbocycles. The number of aliphatic hydroxyl groups is 1. The number of alkyl carbamates (subject to hydrolysis) is 2. The van der Waals surface area contributed by atoms with E-state index >= 15 is 0 Å². The van der Waals surface area contributed by atoms with Crippen molar-refractivity contribution in [3.63, 3.8) is 0 Å². The Balaban J connectivity index is -0.000000796. The van der Waals surface area contributed by atoms with Crippen LogP contribution < -0.4 is 16.0 Å². The van der Waals surface area contributed by atoms with Gasteiger partial charge >= 0.3 is 83.8 Å². The highest BCUT2D eigenvalue weighted by Crippen LogP contribution is 2.27. The summed E-state index contributed by atoms with van der Waals surface area (Å²) in [5.74, 6) is -4.76. The van der Waals surface area contributed by atoms with E-state index in [2.05, 4.69) is 48.5 Å². The number of carbonyl (C=O) groups is 15. The van der Waals surface area contributed by atoms with E-state index in [1.807, 2.05) is 127 Å². The lowest BCUT2D eigenvalue weighted by Gasteiger charge is -2.22. The Morgan fingerprint density at radius 3 is 1.14 bits per heavy atom. The second-order valence-electron chi connectivity index (χ2n) is 36.2. The van der Waals surface area contributed by atoms with E-state index in [-0.39, 0.29) is 150 Å². The molecule has 1 unspecified atom stereocenters. The Hall–Kier alpha value is -10.0. The molecule has 6 N–H and O–H groups in total. The number of unbranched alkanes of at least 4 members (excludes halogenated alkanes) is 7. The standard InChI is InChI=1S/C23H43NO6.C22H34N2O5.C22H30O8.C15H26O7.C12H25NO2.C8H16O3/c1-6-9-13-19(7-2)18-30-20(25)14-11-10-12-16-29-22(27)24-15-17-28-21(26)23(4,5)8-3;1-4-22(2,3)20(26)23-14-15-24-21(27)28-16-10-6-9-13-19(25)29-17-18-11-7-5-8-12-18;1-4-22(2,3)21(27)30-15-14-29-20(26)17-11-8-7-10-16(17)19(25)28-13-9-5-6-12-18(23)24;1-4-15(2,3)14(19)22-11-10-21-13(18)7-9-20-8-5-6-12(16)17;1-6-12(4,5)11(14)15-10-9-13(7-2)8-3;1-4-8(2,3)7(10)11-6-5-9/h19H,6-18H2,1-5H3,(H,24,27);5,7-8,11-12H,4,6,9-10,13-17H2,1-3H3,(H,23,26)(H,24,27);7-8,10-11H,4-6,9,12-15H2,1-3H3,(H,23,24);4-11H2,1-3H3,(H,16,17);6-10H2,1-5H3;9H,4-6H2,1-3H3. The van der Waals surface area contributed by atoms with Gasteiger partial charge in [0, 0.05) is 57.3 Å². The molecule has 35 heteroatoms. The summed E-state index contributed by atoms with van der Waals surface area (Å²) in [5, 5.41) is 33.3. The van der Waals surface area contributed by atoms with Crippen LogP contribution in [-0.4, -0.2) is 242 Å². The van der Waals surface area contributed by atoms with Crippen LogP contribution in [-0.2, 0) is 121 Å². The van der Waals surface area contributed by atoms with Crippen LogP contribution >= 0.6 is 0 Å². The van der Waals surface area contributed by atoms with E-state index in [1.54, 1.807) is 39.8 Å². The number of amides is 3. The number of hydrogen-bond donors (Lipinski definition) is 6. The van der Waals surface area contributed by atoms with Gasteiger partial charge in [0.1, 0.15) is 52.9 Å². The fourth-order valence-electron chi connectivity index (χ4n) is 10.1. The van der Waals surface area contributed by atoms with Gasteiger partial charge in [-0.3, -0.25) is 52.7 Å².